The smallest absolute Gasteiger partial charge is 0.251 e. The van der Waals surface area contributed by atoms with E-state index in [0.29, 0.717) is 11.1 Å². The molecule has 2 atom stereocenters. The molecule has 0 radical (unpaired) electrons. The van der Waals surface area contributed by atoms with Crippen LogP contribution in [-0.2, 0) is 4.79 Å². The molecular weight excluding hydrogens is 577 g/mol. The van der Waals surface area contributed by atoms with E-state index in [2.05, 4.69) is 35.1 Å². The molecule has 0 aromatic heterocycles. The Morgan fingerprint density at radius 3 is 2.56 bits per heavy atom. The number of nitrogens with one attached hydrogen (secondary N) is 1. The van der Waals surface area contributed by atoms with E-state index in [1.165, 1.54) is 18.3 Å². The Morgan fingerprint density at radius 2 is 1.87 bits per heavy atom. The molecule has 0 saturated carbocycles. The van der Waals surface area contributed by atoms with Gasteiger partial charge in [0.1, 0.15) is 11.6 Å². The number of carbonyl (C=O) groups excluding carboxylic acids is 2. The van der Waals surface area contributed by atoms with Crippen LogP contribution in [0.4, 0.5) is 13.2 Å². The van der Waals surface area contributed by atoms with Crippen LogP contribution < -0.4 is 11.1 Å². The van der Waals surface area contributed by atoms with Crippen LogP contribution in [0, 0.1) is 11.7 Å². The van der Waals surface area contributed by atoms with Gasteiger partial charge in [-0.15, -0.1) is 0 Å². The molecule has 1 aromatic rings. The maximum Gasteiger partial charge on any atom is 0.251 e. The van der Waals surface area contributed by atoms with Crippen molar-refractivity contribution in [1.82, 2.24) is 10.2 Å². The van der Waals surface area contributed by atoms with Crippen molar-refractivity contribution < 1.29 is 22.8 Å². The monoisotopic (exact) mass is 612 g/mol. The van der Waals surface area contributed by atoms with Gasteiger partial charge >= 0.3 is 0 Å². The molecule has 0 fully saturated rings. The predicted molar refractivity (Wildman–Crippen MR) is 173 cm³/mol. The Labute approximate surface area is 261 Å². The van der Waals surface area contributed by atoms with Gasteiger partial charge in [0.05, 0.1) is 29.7 Å². The molecule has 1 aliphatic heterocycles. The maximum atomic E-state index is 14.4. The van der Waals surface area contributed by atoms with Gasteiger partial charge in [0.25, 0.3) is 5.91 Å². The molecule has 9 heteroatoms. The number of halogens is 3. The molecule has 45 heavy (non-hydrogen) atoms. The van der Waals surface area contributed by atoms with Gasteiger partial charge in [-0.25, -0.2) is 13.2 Å². The van der Waals surface area contributed by atoms with Crippen LogP contribution in [0.2, 0.25) is 0 Å². The van der Waals surface area contributed by atoms with Gasteiger partial charge < -0.3 is 16.0 Å². The molecule has 1 heterocycles. The molecule has 6 nitrogen and oxygen atoms in total. The van der Waals surface area contributed by atoms with E-state index in [-0.39, 0.29) is 53.4 Å². The second-order valence-electron chi connectivity index (χ2n) is 10.7. The van der Waals surface area contributed by atoms with Crippen molar-refractivity contribution in [2.45, 2.75) is 33.2 Å². The second kappa shape index (κ2) is 14.5. The maximum absolute atomic E-state index is 14.4. The van der Waals surface area contributed by atoms with Gasteiger partial charge in [0.2, 0.25) is 5.91 Å². The molecule has 4 rings (SSSR count). The van der Waals surface area contributed by atoms with Gasteiger partial charge in [-0.2, -0.15) is 0 Å². The number of hydrogen-bond donors (Lipinski definition) is 2. The molecule has 2 aliphatic carbocycles. The van der Waals surface area contributed by atoms with E-state index >= 15 is 0 Å². The summed E-state index contributed by atoms with van der Waals surface area (Å²) in [6.07, 6.45) is 21.1. The molecule has 3 aliphatic rings. The van der Waals surface area contributed by atoms with E-state index < -0.39 is 23.4 Å². The summed E-state index contributed by atoms with van der Waals surface area (Å²) in [6.45, 7) is 8.44. The van der Waals surface area contributed by atoms with Crippen molar-refractivity contribution in [2.24, 2.45) is 16.6 Å². The number of primary amides is 1. The minimum atomic E-state index is -0.941. The van der Waals surface area contributed by atoms with Gasteiger partial charge in [-0.3, -0.25) is 14.6 Å². The summed E-state index contributed by atoms with van der Waals surface area (Å²) in [6, 6.07) is 3.84. The number of amides is 2. The first-order valence-corrected chi connectivity index (χ1v) is 14.4. The van der Waals surface area contributed by atoms with Gasteiger partial charge in [0, 0.05) is 42.1 Å². The lowest BCUT2D eigenvalue weighted by Crippen LogP contribution is -2.42. The highest BCUT2D eigenvalue weighted by atomic mass is 19.1. The summed E-state index contributed by atoms with van der Waals surface area (Å²) in [4.78, 5) is 32.1. The molecule has 0 saturated heterocycles. The zero-order chi connectivity index (χ0) is 32.7. The molecule has 2 amide bonds. The largest absolute Gasteiger partial charge is 0.366 e. The Bertz CT molecular complexity index is 1710. The normalized spacial score (nSPS) is 20.0. The van der Waals surface area contributed by atoms with E-state index in [9.17, 15) is 22.8 Å². The lowest BCUT2D eigenvalue weighted by Gasteiger charge is -2.35. The fourth-order valence-corrected chi connectivity index (χ4v) is 5.53. The van der Waals surface area contributed by atoms with Crippen molar-refractivity contribution in [3.8, 4) is 0 Å². The number of hydrogen-bond acceptors (Lipinski definition) is 4. The summed E-state index contributed by atoms with van der Waals surface area (Å²) in [7, 11) is 0. The van der Waals surface area contributed by atoms with Crippen LogP contribution in [0.25, 0.3) is 5.57 Å². The molecule has 3 N–H and O–H groups in total. The summed E-state index contributed by atoms with van der Waals surface area (Å²) in [5.74, 6) is -3.56. The highest BCUT2D eigenvalue weighted by Crippen LogP contribution is 2.37. The molecule has 0 spiro atoms. The Morgan fingerprint density at radius 1 is 1.11 bits per heavy atom. The first-order chi connectivity index (χ1) is 21.5. The number of nitrogens with two attached hydrogens (primary N) is 1. The summed E-state index contributed by atoms with van der Waals surface area (Å²) in [5.41, 5.74) is 8.97. The topological polar surface area (TPSA) is 87.8 Å². The number of allylic oxidation sites excluding steroid dienone is 12. The average Bonchev–Trinajstić information content (AvgIpc) is 3.39. The minimum absolute atomic E-state index is 0.000461. The Balaban J connectivity index is 1.71. The van der Waals surface area contributed by atoms with E-state index in [1.807, 2.05) is 35.4 Å². The van der Waals surface area contributed by atoms with Crippen LogP contribution in [0.3, 0.4) is 0 Å². The lowest BCUT2D eigenvalue weighted by atomic mass is 9.80. The summed E-state index contributed by atoms with van der Waals surface area (Å²) >= 11 is 0. The standard InChI is InChI=1S/C36H35F3N4O2/c1-5-28(26-13-14-31(39)30(20-26)36(40)45)34(41-6-2)32(18-22(3)17-27(38)19-23(4)37)42-33(44)21-43-16-15-25-12-11-24-9-7-8-10-29(24)35(25)43/h5-17,19-20,29,35H,3,18,21H2,1-2,4H3,(H2,40,45)(H,42,44)/b23-19?,27-17?,28-5-,34-32-,41-6?. The number of rotatable bonds is 11. The van der Waals surface area contributed by atoms with Crippen molar-refractivity contribution >= 4 is 23.6 Å². The first kappa shape index (κ1) is 32.7. The van der Waals surface area contributed by atoms with Crippen LogP contribution in [0.15, 0.2) is 136 Å². The zero-order valence-corrected chi connectivity index (χ0v) is 25.4. The Kier molecular flexibility index (Phi) is 10.6. The highest BCUT2D eigenvalue weighted by molar-refractivity contribution is 5.95. The lowest BCUT2D eigenvalue weighted by molar-refractivity contribution is -0.121. The SMILES string of the molecule is C=C(C=C(F)C=C(C)F)C/C(NC(=O)CN1C=CC2=CC=C3C=CC=CC3C21)=C(N=CC)\C(=C/C)c1ccc(F)c(C(N)=O)c1. The van der Waals surface area contributed by atoms with E-state index in [1.54, 1.807) is 19.9 Å². The van der Waals surface area contributed by atoms with Gasteiger partial charge in [0.15, 0.2) is 0 Å². The summed E-state index contributed by atoms with van der Waals surface area (Å²) in [5, 5.41) is 2.95. The van der Waals surface area contributed by atoms with E-state index in [4.69, 9.17) is 5.73 Å². The van der Waals surface area contributed by atoms with Gasteiger partial charge in [-0.05, 0) is 67.3 Å². The molecule has 2 unspecified atom stereocenters. The number of carbonyl (C=O) groups is 2. The fraction of sp³-hybridized carbons (Fsp3) is 0.194. The third kappa shape index (κ3) is 7.86. The number of fused-ring (bicyclic) bond motifs is 3. The molecule has 0 bridgehead atoms. The summed E-state index contributed by atoms with van der Waals surface area (Å²) < 4.78 is 42.1. The van der Waals surface area contributed by atoms with Crippen LogP contribution >= 0.6 is 0 Å². The number of nitrogens with zero attached hydrogens (tertiary/aromatic N) is 2. The zero-order valence-electron chi connectivity index (χ0n) is 25.4. The molecule has 1 aromatic carbocycles. The Hall–Kier alpha value is -5.18. The van der Waals surface area contributed by atoms with Crippen LogP contribution in [0.5, 0.6) is 0 Å². The second-order valence-corrected chi connectivity index (χ2v) is 10.7. The van der Waals surface area contributed by atoms with Gasteiger partial charge in [-0.1, -0.05) is 55.2 Å². The third-order valence-electron chi connectivity index (χ3n) is 7.40. The minimum Gasteiger partial charge on any atom is -0.366 e. The quantitative estimate of drug-likeness (QED) is 0.204. The molecule has 232 valence electrons. The molecular formula is C36H35F3N4O2. The number of benzene rings is 1. The van der Waals surface area contributed by atoms with Crippen LogP contribution in [0.1, 0.15) is 43.1 Å². The van der Waals surface area contributed by atoms with Crippen molar-refractivity contribution in [2.75, 3.05) is 6.54 Å². The van der Waals surface area contributed by atoms with Crippen molar-refractivity contribution in [1.29, 1.82) is 0 Å². The van der Waals surface area contributed by atoms with E-state index in [0.717, 1.165) is 36.3 Å². The average molecular weight is 613 g/mol. The fourth-order valence-electron chi connectivity index (χ4n) is 5.53. The predicted octanol–water partition coefficient (Wildman–Crippen LogP) is 7.23. The first-order valence-electron chi connectivity index (χ1n) is 14.4. The third-order valence-corrected chi connectivity index (χ3v) is 7.40. The van der Waals surface area contributed by atoms with Crippen molar-refractivity contribution in [3.63, 3.8) is 0 Å². The number of aliphatic imine (C=N–C) groups is 1. The highest BCUT2D eigenvalue weighted by Gasteiger charge is 2.35. The van der Waals surface area contributed by atoms with Crippen LogP contribution in [-0.4, -0.2) is 35.5 Å². The van der Waals surface area contributed by atoms with Crippen molar-refractivity contribution in [3.05, 3.63) is 148 Å².